The molecule has 2 heterocycles. The lowest BCUT2D eigenvalue weighted by atomic mass is 10.1. The molecular weight excluding hydrogens is 236 g/mol. The fraction of sp³-hybridized carbons (Fsp3) is 0.333. The molecule has 0 saturated carbocycles. The normalized spacial score (nSPS) is 10.5. The molecule has 2 aromatic heterocycles. The number of aromatic nitrogens is 3. The van der Waals surface area contributed by atoms with Crippen LogP contribution < -0.4 is 5.32 Å². The Bertz CT molecular complexity index is 481. The molecule has 0 radical (unpaired) electrons. The molecule has 2 aromatic rings. The Balaban J connectivity index is 1.75. The van der Waals surface area contributed by atoms with Gasteiger partial charge in [-0.3, -0.25) is 5.10 Å². The van der Waals surface area contributed by atoms with Crippen LogP contribution in [0.5, 0.6) is 0 Å². The van der Waals surface area contributed by atoms with Crippen molar-refractivity contribution in [2.24, 2.45) is 0 Å². The zero-order chi connectivity index (χ0) is 12.1. The summed E-state index contributed by atoms with van der Waals surface area (Å²) in [5.74, 6) is 0.821. The number of H-pyrrole nitrogens is 1. The molecule has 0 spiro atoms. The minimum atomic E-state index is 0.515. The number of hydrogen-bond acceptors (Lipinski definition) is 3. The van der Waals surface area contributed by atoms with Crippen LogP contribution in [0.2, 0.25) is 5.15 Å². The zero-order valence-corrected chi connectivity index (χ0v) is 10.5. The summed E-state index contributed by atoms with van der Waals surface area (Å²) in [7, 11) is 0. The summed E-state index contributed by atoms with van der Waals surface area (Å²) in [5, 5.41) is 10.7. The van der Waals surface area contributed by atoms with Crippen molar-refractivity contribution in [3.8, 4) is 0 Å². The van der Waals surface area contributed by atoms with Crippen molar-refractivity contribution < 1.29 is 0 Å². The SMILES string of the molecule is Cc1[nH]ncc1CCCNc1cccc(Cl)n1. The van der Waals surface area contributed by atoms with Gasteiger partial charge in [0.1, 0.15) is 11.0 Å². The highest BCUT2D eigenvalue weighted by Gasteiger charge is 2.00. The molecule has 0 saturated heterocycles. The van der Waals surface area contributed by atoms with Crippen molar-refractivity contribution in [1.29, 1.82) is 0 Å². The first kappa shape index (κ1) is 11.9. The number of hydrogen-bond donors (Lipinski definition) is 2. The lowest BCUT2D eigenvalue weighted by molar-refractivity contribution is 0.853. The highest BCUT2D eigenvalue weighted by Crippen LogP contribution is 2.10. The van der Waals surface area contributed by atoms with E-state index in [1.807, 2.05) is 25.3 Å². The van der Waals surface area contributed by atoms with Crippen molar-refractivity contribution in [1.82, 2.24) is 15.2 Å². The fourth-order valence-corrected chi connectivity index (χ4v) is 1.79. The monoisotopic (exact) mass is 250 g/mol. The second-order valence-electron chi connectivity index (χ2n) is 3.90. The largest absolute Gasteiger partial charge is 0.370 e. The van der Waals surface area contributed by atoms with E-state index < -0.39 is 0 Å². The number of rotatable bonds is 5. The molecule has 0 amide bonds. The van der Waals surface area contributed by atoms with Gasteiger partial charge in [0.05, 0.1) is 6.20 Å². The molecule has 17 heavy (non-hydrogen) atoms. The number of nitrogens with zero attached hydrogens (tertiary/aromatic N) is 2. The van der Waals surface area contributed by atoms with E-state index in [2.05, 4.69) is 20.5 Å². The maximum atomic E-state index is 5.80. The maximum absolute atomic E-state index is 5.80. The molecule has 0 aromatic carbocycles. The van der Waals surface area contributed by atoms with Crippen molar-refractivity contribution in [2.45, 2.75) is 19.8 Å². The molecule has 2 rings (SSSR count). The van der Waals surface area contributed by atoms with Gasteiger partial charge in [0, 0.05) is 12.2 Å². The summed E-state index contributed by atoms with van der Waals surface area (Å²) in [6.45, 7) is 2.91. The standard InChI is InChI=1S/C12H15ClN4/c1-9-10(8-15-17-9)4-3-7-14-12-6-2-5-11(13)16-12/h2,5-6,8H,3-4,7H2,1H3,(H,14,16)(H,15,17). The van der Waals surface area contributed by atoms with Crippen LogP contribution in [0.4, 0.5) is 5.82 Å². The first-order chi connectivity index (χ1) is 8.25. The Hall–Kier alpha value is -1.55. The second kappa shape index (κ2) is 5.68. The lowest BCUT2D eigenvalue weighted by Gasteiger charge is -2.05. The van der Waals surface area contributed by atoms with E-state index in [0.717, 1.165) is 30.9 Å². The summed E-state index contributed by atoms with van der Waals surface area (Å²) < 4.78 is 0. The van der Waals surface area contributed by atoms with E-state index in [1.54, 1.807) is 6.07 Å². The molecule has 0 aliphatic rings. The predicted octanol–water partition coefficient (Wildman–Crippen LogP) is 2.81. The Labute approximate surface area is 105 Å². The summed E-state index contributed by atoms with van der Waals surface area (Å²) in [4.78, 5) is 4.16. The Morgan fingerprint density at radius 2 is 2.29 bits per heavy atom. The Morgan fingerprint density at radius 1 is 1.41 bits per heavy atom. The Morgan fingerprint density at radius 3 is 3.00 bits per heavy atom. The molecule has 0 aliphatic carbocycles. The smallest absolute Gasteiger partial charge is 0.131 e. The van der Waals surface area contributed by atoms with Gasteiger partial charge >= 0.3 is 0 Å². The van der Waals surface area contributed by atoms with Gasteiger partial charge in [0.15, 0.2) is 0 Å². The topological polar surface area (TPSA) is 53.6 Å². The van der Waals surface area contributed by atoms with Gasteiger partial charge in [0.2, 0.25) is 0 Å². The van der Waals surface area contributed by atoms with Crippen LogP contribution in [-0.2, 0) is 6.42 Å². The summed E-state index contributed by atoms with van der Waals surface area (Å²) in [6, 6.07) is 5.56. The molecule has 0 aliphatic heterocycles. The molecule has 0 unspecified atom stereocenters. The van der Waals surface area contributed by atoms with Crippen molar-refractivity contribution in [3.63, 3.8) is 0 Å². The summed E-state index contributed by atoms with van der Waals surface area (Å²) in [5.41, 5.74) is 2.41. The van der Waals surface area contributed by atoms with E-state index in [1.165, 1.54) is 5.56 Å². The van der Waals surface area contributed by atoms with Crippen LogP contribution in [0.15, 0.2) is 24.4 Å². The average molecular weight is 251 g/mol. The van der Waals surface area contributed by atoms with Gasteiger partial charge in [-0.25, -0.2) is 4.98 Å². The summed E-state index contributed by atoms with van der Waals surface area (Å²) in [6.07, 6.45) is 3.93. The van der Waals surface area contributed by atoms with Gasteiger partial charge in [-0.05, 0) is 37.5 Å². The Kier molecular flexibility index (Phi) is 3.98. The van der Waals surface area contributed by atoms with Gasteiger partial charge in [-0.15, -0.1) is 0 Å². The van der Waals surface area contributed by atoms with Crippen LogP contribution >= 0.6 is 11.6 Å². The van der Waals surface area contributed by atoms with Crippen molar-refractivity contribution >= 4 is 17.4 Å². The maximum Gasteiger partial charge on any atom is 0.131 e. The van der Waals surface area contributed by atoms with Gasteiger partial charge in [0.25, 0.3) is 0 Å². The predicted molar refractivity (Wildman–Crippen MR) is 69.4 cm³/mol. The molecule has 4 nitrogen and oxygen atoms in total. The first-order valence-corrected chi connectivity index (χ1v) is 5.99. The summed E-state index contributed by atoms with van der Waals surface area (Å²) >= 11 is 5.80. The number of halogens is 1. The zero-order valence-electron chi connectivity index (χ0n) is 9.70. The quantitative estimate of drug-likeness (QED) is 0.634. The number of aryl methyl sites for hydroxylation is 2. The van der Waals surface area contributed by atoms with E-state index in [9.17, 15) is 0 Å². The number of pyridine rings is 1. The third-order valence-corrected chi connectivity index (χ3v) is 2.79. The third-order valence-electron chi connectivity index (χ3n) is 2.58. The minimum absolute atomic E-state index is 0.515. The number of nitrogens with one attached hydrogen (secondary N) is 2. The molecule has 0 bridgehead atoms. The highest BCUT2D eigenvalue weighted by molar-refractivity contribution is 6.29. The van der Waals surface area contributed by atoms with Crippen LogP contribution in [0.1, 0.15) is 17.7 Å². The van der Waals surface area contributed by atoms with Gasteiger partial charge in [-0.1, -0.05) is 17.7 Å². The lowest BCUT2D eigenvalue weighted by Crippen LogP contribution is -2.04. The average Bonchev–Trinajstić information content (AvgIpc) is 2.71. The van der Waals surface area contributed by atoms with E-state index in [0.29, 0.717) is 5.15 Å². The second-order valence-corrected chi connectivity index (χ2v) is 4.28. The molecule has 0 fully saturated rings. The van der Waals surface area contributed by atoms with Crippen molar-refractivity contribution in [2.75, 3.05) is 11.9 Å². The van der Waals surface area contributed by atoms with Crippen LogP contribution in [0.25, 0.3) is 0 Å². The fourth-order valence-electron chi connectivity index (χ4n) is 1.63. The van der Waals surface area contributed by atoms with Crippen LogP contribution in [0.3, 0.4) is 0 Å². The van der Waals surface area contributed by atoms with Crippen molar-refractivity contribution in [3.05, 3.63) is 40.8 Å². The molecule has 2 N–H and O–H groups in total. The number of anilines is 1. The number of aromatic amines is 1. The van der Waals surface area contributed by atoms with Gasteiger partial charge in [-0.2, -0.15) is 5.10 Å². The molecule has 5 heteroatoms. The van der Waals surface area contributed by atoms with E-state index in [4.69, 9.17) is 11.6 Å². The van der Waals surface area contributed by atoms with Crippen LogP contribution in [0, 0.1) is 6.92 Å². The third kappa shape index (κ3) is 3.46. The molecular formula is C12H15ClN4. The van der Waals surface area contributed by atoms with E-state index >= 15 is 0 Å². The molecule has 0 atom stereocenters. The first-order valence-electron chi connectivity index (χ1n) is 5.61. The van der Waals surface area contributed by atoms with Crippen LogP contribution in [-0.4, -0.2) is 21.7 Å². The van der Waals surface area contributed by atoms with E-state index in [-0.39, 0.29) is 0 Å². The molecule has 90 valence electrons. The minimum Gasteiger partial charge on any atom is -0.370 e. The van der Waals surface area contributed by atoms with Gasteiger partial charge < -0.3 is 5.32 Å². The highest BCUT2D eigenvalue weighted by atomic mass is 35.5.